The summed E-state index contributed by atoms with van der Waals surface area (Å²) < 4.78 is 28.4. The molecule has 4 aromatic rings. The Kier molecular flexibility index (Phi) is 5.89. The summed E-state index contributed by atoms with van der Waals surface area (Å²) in [6.45, 7) is 7.36. The van der Waals surface area contributed by atoms with Gasteiger partial charge in [0.15, 0.2) is 0 Å². The lowest BCUT2D eigenvalue weighted by atomic mass is 9.91. The van der Waals surface area contributed by atoms with E-state index in [9.17, 15) is 18.8 Å². The van der Waals surface area contributed by atoms with E-state index < -0.39 is 20.4 Å². The first-order valence-corrected chi connectivity index (χ1v) is 13.8. The van der Waals surface area contributed by atoms with Gasteiger partial charge in [0.2, 0.25) is 10.0 Å². The van der Waals surface area contributed by atoms with Crippen molar-refractivity contribution < 1.29 is 13.5 Å². The Labute approximate surface area is 216 Å². The van der Waals surface area contributed by atoms with Crippen molar-refractivity contribution in [1.82, 2.24) is 13.9 Å². The lowest BCUT2D eigenvalue weighted by molar-refractivity contribution is 0.0951. The maximum Gasteiger partial charge on any atom is 0.248 e. The van der Waals surface area contributed by atoms with E-state index in [-0.39, 0.29) is 0 Å². The molecule has 5 rings (SSSR count). The molecule has 7 nitrogen and oxygen atoms in total. The number of hydrogen-bond donors (Lipinski definition) is 2. The molecule has 2 atom stereocenters. The summed E-state index contributed by atoms with van der Waals surface area (Å²) >= 11 is 0. The highest BCUT2D eigenvalue weighted by atomic mass is 32.2. The Hall–Kier alpha value is -3.67. The number of imidazole rings is 1. The molecule has 0 saturated heterocycles. The number of nitrogens with zero attached hydrogens (tertiary/aromatic N) is 3. The van der Waals surface area contributed by atoms with Crippen LogP contribution in [0, 0.1) is 18.3 Å². The van der Waals surface area contributed by atoms with Crippen LogP contribution in [0.5, 0.6) is 0 Å². The van der Waals surface area contributed by atoms with Gasteiger partial charge in [-0.2, -0.15) is 5.26 Å². The van der Waals surface area contributed by atoms with Crippen LogP contribution >= 0.6 is 0 Å². The molecule has 190 valence electrons. The van der Waals surface area contributed by atoms with Crippen LogP contribution in [0.1, 0.15) is 62.5 Å². The number of rotatable bonds is 6. The van der Waals surface area contributed by atoms with E-state index in [1.165, 1.54) is 3.97 Å². The first-order valence-electron chi connectivity index (χ1n) is 12.4. The Morgan fingerprint density at radius 2 is 2.05 bits per heavy atom. The van der Waals surface area contributed by atoms with Gasteiger partial charge in [-0.05, 0) is 63.4 Å². The summed E-state index contributed by atoms with van der Waals surface area (Å²) in [7, 11) is -3.82. The molecule has 2 N–H and O–H groups in total. The second kappa shape index (κ2) is 8.72. The summed E-state index contributed by atoms with van der Waals surface area (Å²) in [5, 5.41) is 21.6. The van der Waals surface area contributed by atoms with Crippen LogP contribution in [0.2, 0.25) is 0 Å². The number of aromatic nitrogens is 3. The number of hydrogen-bond acceptors (Lipinski definition) is 5. The van der Waals surface area contributed by atoms with Crippen LogP contribution in [-0.4, -0.2) is 32.2 Å². The molecule has 0 amide bonds. The van der Waals surface area contributed by atoms with E-state index in [1.807, 2.05) is 37.3 Å². The summed E-state index contributed by atoms with van der Waals surface area (Å²) in [6, 6.07) is 12.6. The van der Waals surface area contributed by atoms with E-state index in [0.717, 1.165) is 24.0 Å². The van der Waals surface area contributed by atoms with Gasteiger partial charge in [-0.1, -0.05) is 49.3 Å². The monoisotopic (exact) mass is 514 g/mol. The van der Waals surface area contributed by atoms with Crippen LogP contribution in [0.3, 0.4) is 0 Å². The fraction of sp³-hybridized carbons (Fsp3) is 0.310. The Bertz CT molecular complexity index is 1750. The average Bonchev–Trinajstić information content (AvgIpc) is 3.50. The third kappa shape index (κ3) is 3.90. The van der Waals surface area contributed by atoms with Crippen molar-refractivity contribution >= 4 is 32.0 Å². The zero-order valence-electron chi connectivity index (χ0n) is 21.4. The van der Waals surface area contributed by atoms with Gasteiger partial charge in [0.05, 0.1) is 28.2 Å². The van der Waals surface area contributed by atoms with Crippen molar-refractivity contribution in [1.29, 1.82) is 5.26 Å². The first-order chi connectivity index (χ1) is 17.5. The minimum atomic E-state index is -3.82. The number of aromatic amines is 1. The Morgan fingerprint density at radius 3 is 2.78 bits per heavy atom. The van der Waals surface area contributed by atoms with Crippen molar-refractivity contribution in [2.75, 3.05) is 0 Å². The highest BCUT2D eigenvalue weighted by molar-refractivity contribution is 7.91. The van der Waals surface area contributed by atoms with Crippen LogP contribution in [0.15, 0.2) is 66.4 Å². The largest absolute Gasteiger partial charge is 0.377 e. The molecule has 1 aliphatic rings. The Morgan fingerprint density at radius 1 is 1.27 bits per heavy atom. The number of nitrogens with one attached hydrogen (secondary N) is 1. The molecule has 2 aromatic carbocycles. The molecular weight excluding hydrogens is 484 g/mol. The summed E-state index contributed by atoms with van der Waals surface area (Å²) in [5.74, 6) is 0.315. The molecule has 0 spiro atoms. The number of aryl methyl sites for hydroxylation is 1. The number of allylic oxidation sites excluding steroid dienone is 3. The zero-order valence-corrected chi connectivity index (χ0v) is 22.2. The van der Waals surface area contributed by atoms with Crippen LogP contribution in [0.4, 0.5) is 0 Å². The second-order valence-corrected chi connectivity index (χ2v) is 12.5. The molecule has 0 saturated carbocycles. The SMILES string of the molecule is CCCC1=CC(C)(S(=O)(=O)n2ccc3c(C(C)(O)c4nc5ccc(C#N)cc5[nH]4)ccc(C)c32)CC=C1. The number of benzene rings is 2. The summed E-state index contributed by atoms with van der Waals surface area (Å²) in [4.78, 5) is 7.72. The fourth-order valence-corrected chi connectivity index (χ4v) is 7.01. The standard InChI is InChI=1S/C29H30N4O3S/c1-5-7-20-8-6-14-28(3,17-20)37(35,36)33-15-13-22-23(11-9-19(2)26(22)33)29(4,34)27-31-24-12-10-21(18-30)16-25(24)32-27/h6,8-13,15-17,34H,5,7,14H2,1-4H3,(H,31,32). The molecule has 2 heterocycles. The predicted octanol–water partition coefficient (Wildman–Crippen LogP) is 5.58. The number of aliphatic hydroxyl groups is 1. The van der Waals surface area contributed by atoms with Crippen LogP contribution < -0.4 is 0 Å². The molecule has 0 bridgehead atoms. The van der Waals surface area contributed by atoms with Gasteiger partial charge in [0.25, 0.3) is 0 Å². The van der Waals surface area contributed by atoms with Crippen molar-refractivity contribution in [3.63, 3.8) is 0 Å². The highest BCUT2D eigenvalue weighted by Gasteiger charge is 2.40. The molecule has 8 heteroatoms. The molecular formula is C29H30N4O3S. The van der Waals surface area contributed by atoms with Crippen molar-refractivity contribution in [2.45, 2.75) is 57.3 Å². The van der Waals surface area contributed by atoms with E-state index in [1.54, 1.807) is 44.3 Å². The average molecular weight is 515 g/mol. The van der Waals surface area contributed by atoms with Crippen molar-refractivity contribution in [3.8, 4) is 6.07 Å². The molecule has 37 heavy (non-hydrogen) atoms. The van der Waals surface area contributed by atoms with Crippen molar-refractivity contribution in [2.24, 2.45) is 0 Å². The number of fused-ring (bicyclic) bond motifs is 2. The fourth-order valence-electron chi connectivity index (χ4n) is 5.25. The molecule has 0 radical (unpaired) electrons. The van der Waals surface area contributed by atoms with Gasteiger partial charge in [-0.25, -0.2) is 17.4 Å². The van der Waals surface area contributed by atoms with E-state index in [2.05, 4.69) is 23.0 Å². The van der Waals surface area contributed by atoms with E-state index >= 15 is 0 Å². The lowest BCUT2D eigenvalue weighted by Crippen LogP contribution is -2.38. The zero-order chi connectivity index (χ0) is 26.6. The van der Waals surface area contributed by atoms with Crippen LogP contribution in [0.25, 0.3) is 21.9 Å². The maximum atomic E-state index is 14.1. The van der Waals surface area contributed by atoms with Gasteiger partial charge in [-0.3, -0.25) is 0 Å². The van der Waals surface area contributed by atoms with Crippen molar-refractivity contribution in [3.05, 3.63) is 88.9 Å². The molecule has 0 fully saturated rings. The van der Waals surface area contributed by atoms with Gasteiger partial charge >= 0.3 is 0 Å². The van der Waals surface area contributed by atoms with Gasteiger partial charge in [0, 0.05) is 17.1 Å². The smallest absolute Gasteiger partial charge is 0.248 e. The molecule has 2 aromatic heterocycles. The molecule has 1 aliphatic carbocycles. The quantitative estimate of drug-likeness (QED) is 0.349. The predicted molar refractivity (Wildman–Crippen MR) is 146 cm³/mol. The van der Waals surface area contributed by atoms with Gasteiger partial charge < -0.3 is 10.1 Å². The van der Waals surface area contributed by atoms with E-state index in [0.29, 0.717) is 45.3 Å². The van der Waals surface area contributed by atoms with Gasteiger partial charge in [-0.15, -0.1) is 0 Å². The van der Waals surface area contributed by atoms with E-state index in [4.69, 9.17) is 0 Å². The maximum absolute atomic E-state index is 14.1. The topological polar surface area (TPSA) is 112 Å². The Balaban J connectivity index is 1.65. The van der Waals surface area contributed by atoms with Crippen LogP contribution in [-0.2, 0) is 15.6 Å². The third-order valence-corrected chi connectivity index (χ3v) is 9.63. The lowest BCUT2D eigenvalue weighted by Gasteiger charge is -2.29. The minimum Gasteiger partial charge on any atom is -0.377 e. The third-order valence-electron chi connectivity index (χ3n) is 7.35. The summed E-state index contributed by atoms with van der Waals surface area (Å²) in [6.07, 6.45) is 9.59. The number of H-pyrrole nitrogens is 1. The molecule has 0 aliphatic heterocycles. The molecule has 2 unspecified atom stereocenters. The second-order valence-electron chi connectivity index (χ2n) is 10.2. The van der Waals surface area contributed by atoms with Gasteiger partial charge in [0.1, 0.15) is 16.2 Å². The first kappa shape index (κ1) is 25.0. The number of nitriles is 1. The highest BCUT2D eigenvalue weighted by Crippen LogP contribution is 2.39. The normalized spacial score (nSPS) is 19.6. The summed E-state index contributed by atoms with van der Waals surface area (Å²) in [5.41, 5.74) is 3.12. The minimum absolute atomic E-state index is 0.315.